The molecule has 0 radical (unpaired) electrons. The molecule has 0 aliphatic heterocycles. The zero-order valence-corrected chi connectivity index (χ0v) is 12.7. The molecule has 108 valence electrons. The summed E-state index contributed by atoms with van der Waals surface area (Å²) in [5, 5.41) is 0. The van der Waals surface area contributed by atoms with Crippen LogP contribution in [0.4, 0.5) is 0 Å². The molecule has 0 atom stereocenters. The molecule has 0 aliphatic rings. The van der Waals surface area contributed by atoms with Crippen LogP contribution in [0.5, 0.6) is 0 Å². The monoisotopic (exact) mass is 272 g/mol. The number of hydrogen-bond acceptors (Lipinski definition) is 2. The predicted molar refractivity (Wildman–Crippen MR) is 83.5 cm³/mol. The highest BCUT2D eigenvalue weighted by Gasteiger charge is 2.01. The summed E-state index contributed by atoms with van der Waals surface area (Å²) in [4.78, 5) is 11.2. The van der Waals surface area contributed by atoms with E-state index >= 15 is 0 Å². The van der Waals surface area contributed by atoms with Crippen LogP contribution in [0.25, 0.3) is 0 Å². The molecule has 0 aliphatic carbocycles. The van der Waals surface area contributed by atoms with E-state index < -0.39 is 0 Å². The van der Waals surface area contributed by atoms with Gasteiger partial charge in [-0.2, -0.15) is 0 Å². The van der Waals surface area contributed by atoms with Gasteiger partial charge in [0.05, 0.1) is 7.11 Å². The standard InChI is InChI=1S/C18H24O2/c1-15(9-7-11-16(2)18(19)20-3)10-8-14-17-12-5-4-6-13-17/h4-6,10-13H,7-9,14H2,1-3H3/b15-10+,16-11-. The summed E-state index contributed by atoms with van der Waals surface area (Å²) in [5.41, 5.74) is 3.43. The molecule has 2 heteroatoms. The first-order valence-electron chi connectivity index (χ1n) is 7.08. The van der Waals surface area contributed by atoms with Crippen LogP contribution in [-0.2, 0) is 16.0 Å². The Kier molecular flexibility index (Phi) is 7.41. The third kappa shape index (κ3) is 6.37. The third-order valence-electron chi connectivity index (χ3n) is 3.27. The van der Waals surface area contributed by atoms with E-state index in [-0.39, 0.29) is 5.97 Å². The van der Waals surface area contributed by atoms with Crippen molar-refractivity contribution in [2.24, 2.45) is 0 Å². The Balaban J connectivity index is 2.30. The molecule has 0 bridgehead atoms. The van der Waals surface area contributed by atoms with Gasteiger partial charge in [0.1, 0.15) is 0 Å². The minimum absolute atomic E-state index is 0.240. The second kappa shape index (κ2) is 9.13. The van der Waals surface area contributed by atoms with Gasteiger partial charge in [-0.3, -0.25) is 0 Å². The lowest BCUT2D eigenvalue weighted by Gasteiger charge is -2.01. The number of methoxy groups -OCH3 is 1. The molecule has 0 saturated carbocycles. The molecule has 1 aromatic rings. The summed E-state index contributed by atoms with van der Waals surface area (Å²) in [6, 6.07) is 10.5. The van der Waals surface area contributed by atoms with Crippen LogP contribution in [0.2, 0.25) is 0 Å². The largest absolute Gasteiger partial charge is 0.466 e. The maximum atomic E-state index is 11.2. The molecule has 0 unspecified atom stereocenters. The fourth-order valence-corrected chi connectivity index (χ4v) is 1.99. The Labute approximate surface area is 122 Å². The highest BCUT2D eigenvalue weighted by atomic mass is 16.5. The SMILES string of the molecule is COC(=O)/C(C)=C\CC/C(C)=C/CCc1ccccc1. The first kappa shape index (κ1) is 16.2. The molecule has 2 nitrogen and oxygen atoms in total. The zero-order chi connectivity index (χ0) is 14.8. The number of hydrogen-bond donors (Lipinski definition) is 0. The summed E-state index contributed by atoms with van der Waals surface area (Å²) in [6.45, 7) is 3.94. The zero-order valence-electron chi connectivity index (χ0n) is 12.7. The van der Waals surface area contributed by atoms with Gasteiger partial charge in [0, 0.05) is 5.57 Å². The topological polar surface area (TPSA) is 26.3 Å². The van der Waals surface area contributed by atoms with Crippen molar-refractivity contribution in [2.45, 2.75) is 39.5 Å². The lowest BCUT2D eigenvalue weighted by atomic mass is 10.1. The van der Waals surface area contributed by atoms with Crippen molar-refractivity contribution in [1.29, 1.82) is 0 Å². The van der Waals surface area contributed by atoms with Gasteiger partial charge in [0.2, 0.25) is 0 Å². The second-order valence-electron chi connectivity index (χ2n) is 4.99. The van der Waals surface area contributed by atoms with E-state index in [0.29, 0.717) is 5.57 Å². The Morgan fingerprint density at radius 1 is 1.10 bits per heavy atom. The van der Waals surface area contributed by atoms with Crippen molar-refractivity contribution >= 4 is 5.97 Å². The first-order chi connectivity index (χ1) is 9.63. The number of benzene rings is 1. The number of allylic oxidation sites excluding steroid dienone is 3. The van der Waals surface area contributed by atoms with Gasteiger partial charge in [0.15, 0.2) is 0 Å². The van der Waals surface area contributed by atoms with Crippen LogP contribution in [-0.4, -0.2) is 13.1 Å². The summed E-state index contributed by atoms with van der Waals surface area (Å²) in [5.74, 6) is -0.240. The van der Waals surface area contributed by atoms with E-state index in [1.54, 1.807) is 6.92 Å². The molecule has 1 aromatic carbocycles. The number of esters is 1. The maximum Gasteiger partial charge on any atom is 0.333 e. The minimum Gasteiger partial charge on any atom is -0.466 e. The Bertz CT molecular complexity index is 469. The highest BCUT2D eigenvalue weighted by Crippen LogP contribution is 2.10. The number of ether oxygens (including phenoxy) is 1. The van der Waals surface area contributed by atoms with Gasteiger partial charge in [-0.05, 0) is 45.1 Å². The molecule has 0 saturated heterocycles. The highest BCUT2D eigenvalue weighted by molar-refractivity contribution is 5.87. The number of rotatable bonds is 7. The molecule has 0 amide bonds. The van der Waals surface area contributed by atoms with Crippen LogP contribution in [0.1, 0.15) is 38.7 Å². The van der Waals surface area contributed by atoms with E-state index in [9.17, 15) is 4.79 Å². The minimum atomic E-state index is -0.240. The lowest BCUT2D eigenvalue weighted by molar-refractivity contribution is -0.136. The van der Waals surface area contributed by atoms with E-state index in [2.05, 4.69) is 42.0 Å². The van der Waals surface area contributed by atoms with Gasteiger partial charge in [-0.15, -0.1) is 0 Å². The van der Waals surface area contributed by atoms with E-state index in [4.69, 9.17) is 0 Å². The van der Waals surface area contributed by atoms with Crippen LogP contribution in [0, 0.1) is 0 Å². The normalized spacial score (nSPS) is 12.3. The Morgan fingerprint density at radius 3 is 2.45 bits per heavy atom. The molecule has 0 N–H and O–H groups in total. The molecule has 0 heterocycles. The summed E-state index contributed by atoms with van der Waals surface area (Å²) in [7, 11) is 1.41. The number of carbonyl (C=O) groups excluding carboxylic acids is 1. The van der Waals surface area contributed by atoms with Crippen LogP contribution in [0.3, 0.4) is 0 Å². The van der Waals surface area contributed by atoms with Crippen LogP contribution in [0.15, 0.2) is 53.6 Å². The van der Waals surface area contributed by atoms with Crippen molar-refractivity contribution in [3.63, 3.8) is 0 Å². The van der Waals surface area contributed by atoms with Gasteiger partial charge >= 0.3 is 5.97 Å². The Morgan fingerprint density at radius 2 is 1.80 bits per heavy atom. The molecule has 20 heavy (non-hydrogen) atoms. The first-order valence-corrected chi connectivity index (χ1v) is 7.08. The molecule has 0 aromatic heterocycles. The van der Waals surface area contributed by atoms with Crippen molar-refractivity contribution in [3.05, 3.63) is 59.2 Å². The van der Waals surface area contributed by atoms with E-state index in [1.165, 1.54) is 18.2 Å². The van der Waals surface area contributed by atoms with Crippen molar-refractivity contribution in [3.8, 4) is 0 Å². The fraction of sp³-hybridized carbons (Fsp3) is 0.389. The average molecular weight is 272 g/mol. The number of aryl methyl sites for hydroxylation is 1. The van der Waals surface area contributed by atoms with Gasteiger partial charge < -0.3 is 4.74 Å². The average Bonchev–Trinajstić information content (AvgIpc) is 2.47. The van der Waals surface area contributed by atoms with E-state index in [1.807, 2.05) is 12.1 Å². The summed E-state index contributed by atoms with van der Waals surface area (Å²) >= 11 is 0. The van der Waals surface area contributed by atoms with E-state index in [0.717, 1.165) is 25.7 Å². The van der Waals surface area contributed by atoms with Gasteiger partial charge in [-0.25, -0.2) is 4.79 Å². The smallest absolute Gasteiger partial charge is 0.333 e. The molecular formula is C18H24O2. The van der Waals surface area contributed by atoms with Crippen molar-refractivity contribution in [2.75, 3.05) is 7.11 Å². The fourth-order valence-electron chi connectivity index (χ4n) is 1.99. The molecule has 1 rings (SSSR count). The summed E-state index contributed by atoms with van der Waals surface area (Å²) in [6.07, 6.45) is 8.25. The quantitative estimate of drug-likeness (QED) is 0.416. The third-order valence-corrected chi connectivity index (χ3v) is 3.27. The Hall–Kier alpha value is -1.83. The lowest BCUT2D eigenvalue weighted by Crippen LogP contribution is -2.01. The van der Waals surface area contributed by atoms with Crippen LogP contribution >= 0.6 is 0 Å². The predicted octanol–water partition coefficient (Wildman–Crippen LogP) is 4.47. The summed E-state index contributed by atoms with van der Waals surface area (Å²) < 4.78 is 4.66. The number of carbonyl (C=O) groups is 1. The molecule has 0 spiro atoms. The van der Waals surface area contributed by atoms with Crippen LogP contribution < -0.4 is 0 Å². The van der Waals surface area contributed by atoms with Gasteiger partial charge in [0.25, 0.3) is 0 Å². The second-order valence-corrected chi connectivity index (χ2v) is 4.99. The molecular weight excluding hydrogens is 248 g/mol. The van der Waals surface area contributed by atoms with Gasteiger partial charge in [-0.1, -0.05) is 48.1 Å². The maximum absolute atomic E-state index is 11.2. The van der Waals surface area contributed by atoms with Crippen molar-refractivity contribution < 1.29 is 9.53 Å². The van der Waals surface area contributed by atoms with Crippen molar-refractivity contribution in [1.82, 2.24) is 0 Å². The molecule has 0 fully saturated rings.